The van der Waals surface area contributed by atoms with Crippen molar-refractivity contribution in [1.82, 2.24) is 15.0 Å². The molecule has 6 nitrogen and oxygen atoms in total. The van der Waals surface area contributed by atoms with E-state index in [2.05, 4.69) is 33.2 Å². The fourth-order valence-corrected chi connectivity index (χ4v) is 5.98. The van der Waals surface area contributed by atoms with E-state index in [0.717, 1.165) is 0 Å². The van der Waals surface area contributed by atoms with Crippen molar-refractivity contribution in [3.63, 3.8) is 0 Å². The van der Waals surface area contributed by atoms with Crippen molar-refractivity contribution in [3.8, 4) is 18.2 Å². The molecule has 1 fully saturated rings. The van der Waals surface area contributed by atoms with Gasteiger partial charge in [0, 0.05) is 33.4 Å². The molecule has 0 saturated heterocycles. The molecule has 0 spiro atoms. The number of hydrogen-bond donors (Lipinski definition) is 0. The van der Waals surface area contributed by atoms with Crippen LogP contribution in [-0.4, -0.2) is 15.0 Å². The third-order valence-electron chi connectivity index (χ3n) is 8.26. The first-order valence-corrected chi connectivity index (χ1v) is 15.5. The summed E-state index contributed by atoms with van der Waals surface area (Å²) in [6.45, 7) is 0. The van der Waals surface area contributed by atoms with Crippen LogP contribution >= 0.6 is 0 Å². The van der Waals surface area contributed by atoms with E-state index in [1.54, 1.807) is 91.0 Å². The number of rotatable bonds is 6. The molecule has 0 bridgehead atoms. The number of nitrogens with zero attached hydrogens (tertiary/aromatic N) is 6. The number of aromatic nitrogens is 3. The van der Waals surface area contributed by atoms with Gasteiger partial charge in [0.1, 0.15) is 0 Å². The summed E-state index contributed by atoms with van der Waals surface area (Å²) in [5.41, 5.74) is 6.91. The molecule has 3 aromatic heterocycles. The molecule has 1 saturated carbocycles. The first kappa shape index (κ1) is 32.2. The molecule has 1 aliphatic rings. The van der Waals surface area contributed by atoms with Crippen molar-refractivity contribution in [2.24, 2.45) is 0 Å². The Bertz CT molecular complexity index is 2270. The molecule has 3 aromatic carbocycles. The van der Waals surface area contributed by atoms with E-state index < -0.39 is 17.8 Å². The monoisotopic (exact) mass is 666 g/mol. The predicted octanol–water partition coefficient (Wildman–Crippen LogP) is 8.72. The molecule has 0 atom stereocenters. The van der Waals surface area contributed by atoms with Crippen molar-refractivity contribution in [1.29, 1.82) is 15.8 Å². The van der Waals surface area contributed by atoms with E-state index in [1.165, 1.54) is 36.4 Å². The normalized spacial score (nSPS) is 11.6. The highest BCUT2D eigenvalue weighted by molar-refractivity contribution is 6.12. The lowest BCUT2D eigenvalue weighted by atomic mass is 9.97. The SMILES string of the molecule is N#Cc1ccc(C(=C2C(=C(c3ccc(C#N)cc3)c3cccc(F)n3)C2=C(c2ccc(C#N)cc2)c2cccc(F)n2)c2cccc(F)n2)cc1. The molecular weight excluding hydrogens is 645 g/mol. The van der Waals surface area contributed by atoms with Crippen molar-refractivity contribution in [3.05, 3.63) is 212 Å². The lowest BCUT2D eigenvalue weighted by molar-refractivity contribution is 0.582. The number of benzene rings is 3. The molecule has 9 heteroatoms. The van der Waals surface area contributed by atoms with Gasteiger partial charge in [-0.25, -0.2) is 15.0 Å². The molecule has 7 rings (SSSR count). The fraction of sp³-hybridized carbons (Fsp3) is 0. The second kappa shape index (κ2) is 13.6. The smallest absolute Gasteiger partial charge is 0.213 e. The quantitative estimate of drug-likeness (QED) is 0.165. The Hall–Kier alpha value is -7.41. The average molecular weight is 667 g/mol. The first-order chi connectivity index (χ1) is 24.9. The van der Waals surface area contributed by atoms with Gasteiger partial charge in [0.2, 0.25) is 17.8 Å². The predicted molar refractivity (Wildman–Crippen MR) is 184 cm³/mol. The van der Waals surface area contributed by atoms with Gasteiger partial charge in [-0.1, -0.05) is 54.6 Å². The maximum absolute atomic E-state index is 14.9. The molecule has 0 unspecified atom stereocenters. The topological polar surface area (TPSA) is 110 Å². The number of hydrogen-bond acceptors (Lipinski definition) is 6. The van der Waals surface area contributed by atoms with Crippen LogP contribution in [0.1, 0.15) is 50.5 Å². The van der Waals surface area contributed by atoms with Gasteiger partial charge in [0.25, 0.3) is 0 Å². The van der Waals surface area contributed by atoms with Crippen LogP contribution < -0.4 is 0 Å². The highest BCUT2D eigenvalue weighted by atomic mass is 19.1. The highest BCUT2D eigenvalue weighted by Crippen LogP contribution is 2.59. The number of halogens is 3. The summed E-state index contributed by atoms with van der Waals surface area (Å²) in [5.74, 6) is -2.18. The van der Waals surface area contributed by atoms with E-state index in [9.17, 15) is 29.0 Å². The zero-order valence-corrected chi connectivity index (χ0v) is 26.4. The summed E-state index contributed by atoms with van der Waals surface area (Å²) >= 11 is 0. The number of pyridine rings is 3. The van der Waals surface area contributed by atoms with Crippen molar-refractivity contribution in [2.75, 3.05) is 0 Å². The zero-order valence-electron chi connectivity index (χ0n) is 26.4. The molecule has 240 valence electrons. The van der Waals surface area contributed by atoms with Crippen LogP contribution in [0.3, 0.4) is 0 Å². The second-order valence-corrected chi connectivity index (χ2v) is 11.4. The van der Waals surface area contributed by atoms with Gasteiger partial charge in [-0.15, -0.1) is 0 Å². The molecule has 51 heavy (non-hydrogen) atoms. The standard InChI is InChI=1S/C42H21F3N6/c43-34-7-1-4-31(49-34)37(28-16-10-25(22-46)11-17-28)40-41(38(32-5-2-8-35(44)50-32)29-18-12-26(23-47)13-19-29)42(40)39(33-6-3-9-36(45)51-33)30-20-14-27(24-48)15-21-30/h1-21H. The molecule has 1 aliphatic carbocycles. The molecule has 6 aromatic rings. The second-order valence-electron chi connectivity index (χ2n) is 11.4. The zero-order chi connectivity index (χ0) is 35.5. The summed E-state index contributed by atoms with van der Waals surface area (Å²) in [6.07, 6.45) is 0. The van der Waals surface area contributed by atoms with Crippen LogP contribution in [0.2, 0.25) is 0 Å². The average Bonchev–Trinajstić information content (AvgIpc) is 3.85. The van der Waals surface area contributed by atoms with Gasteiger partial charge in [-0.3, -0.25) is 0 Å². The van der Waals surface area contributed by atoms with Crippen LogP contribution in [0.25, 0.3) is 16.7 Å². The third kappa shape index (κ3) is 6.41. The molecule has 0 amide bonds. The highest BCUT2D eigenvalue weighted by Gasteiger charge is 2.42. The van der Waals surface area contributed by atoms with Crippen LogP contribution in [0.5, 0.6) is 0 Å². The van der Waals surface area contributed by atoms with Crippen LogP contribution in [0.4, 0.5) is 13.2 Å². The van der Waals surface area contributed by atoms with Crippen LogP contribution in [0, 0.1) is 51.8 Å². The molecule has 0 N–H and O–H groups in total. The van der Waals surface area contributed by atoms with Crippen LogP contribution in [-0.2, 0) is 0 Å². The summed E-state index contributed by atoms with van der Waals surface area (Å²) in [5, 5.41) is 28.6. The first-order valence-electron chi connectivity index (χ1n) is 15.5. The lowest BCUT2D eigenvalue weighted by Crippen LogP contribution is -1.96. The molecular formula is C42H21F3N6. The number of nitriles is 3. The van der Waals surface area contributed by atoms with Gasteiger partial charge in [0.05, 0.1) is 52.0 Å². The van der Waals surface area contributed by atoms with E-state index in [0.29, 0.717) is 66.8 Å². The Morgan fingerprint density at radius 1 is 0.373 bits per heavy atom. The summed E-state index contributed by atoms with van der Waals surface area (Å²) < 4.78 is 44.7. The molecule has 0 radical (unpaired) electrons. The van der Waals surface area contributed by atoms with Gasteiger partial charge >= 0.3 is 0 Å². The van der Waals surface area contributed by atoms with Crippen molar-refractivity contribution >= 4 is 16.7 Å². The minimum absolute atomic E-state index is 0.264. The fourth-order valence-electron chi connectivity index (χ4n) is 5.98. The van der Waals surface area contributed by atoms with Gasteiger partial charge in [-0.05, 0) is 89.5 Å². The Morgan fingerprint density at radius 3 is 0.843 bits per heavy atom. The Kier molecular flexibility index (Phi) is 8.58. The summed E-state index contributed by atoms with van der Waals surface area (Å²) in [6, 6.07) is 39.7. The van der Waals surface area contributed by atoms with E-state index >= 15 is 0 Å². The summed E-state index contributed by atoms with van der Waals surface area (Å²) in [7, 11) is 0. The Balaban J connectivity index is 1.71. The van der Waals surface area contributed by atoms with Crippen molar-refractivity contribution in [2.45, 2.75) is 0 Å². The maximum atomic E-state index is 14.9. The minimum Gasteiger partial charge on any atom is -0.220 e. The largest absolute Gasteiger partial charge is 0.220 e. The van der Waals surface area contributed by atoms with Gasteiger partial charge < -0.3 is 0 Å². The van der Waals surface area contributed by atoms with E-state index in [4.69, 9.17) is 0 Å². The van der Waals surface area contributed by atoms with Crippen molar-refractivity contribution < 1.29 is 13.2 Å². The van der Waals surface area contributed by atoms with Crippen LogP contribution in [0.15, 0.2) is 144 Å². The minimum atomic E-state index is -0.728. The van der Waals surface area contributed by atoms with E-state index in [-0.39, 0.29) is 17.1 Å². The van der Waals surface area contributed by atoms with Gasteiger partial charge in [-0.2, -0.15) is 29.0 Å². The summed E-state index contributed by atoms with van der Waals surface area (Å²) in [4.78, 5) is 12.7. The third-order valence-corrected chi connectivity index (χ3v) is 8.26. The Morgan fingerprint density at radius 2 is 0.627 bits per heavy atom. The maximum Gasteiger partial charge on any atom is 0.213 e. The Labute approximate surface area is 290 Å². The molecule has 3 heterocycles. The van der Waals surface area contributed by atoms with Gasteiger partial charge in [0.15, 0.2) is 0 Å². The lowest BCUT2D eigenvalue weighted by Gasteiger charge is -2.09. The number of allylic oxidation sites excluding steroid dienone is 3. The van der Waals surface area contributed by atoms with E-state index in [1.807, 2.05) is 0 Å². The molecule has 0 aliphatic heterocycles.